The maximum atomic E-state index is 10.8. The highest BCUT2D eigenvalue weighted by molar-refractivity contribution is 7.10. The Hall–Kier alpha value is -1.88. The van der Waals surface area contributed by atoms with Crippen LogP contribution in [0.25, 0.3) is 11.3 Å². The first kappa shape index (κ1) is 16.5. The minimum atomic E-state index is -0.854. The Bertz CT molecular complexity index is 677. The van der Waals surface area contributed by atoms with Crippen LogP contribution in [0.3, 0.4) is 0 Å². The van der Waals surface area contributed by atoms with E-state index in [1.165, 1.54) is 11.3 Å². The van der Waals surface area contributed by atoms with Gasteiger partial charge in [0, 0.05) is 10.9 Å². The van der Waals surface area contributed by atoms with E-state index < -0.39 is 5.97 Å². The van der Waals surface area contributed by atoms with E-state index in [9.17, 15) is 4.79 Å². The molecule has 0 amide bonds. The average molecular weight is 319 g/mol. The zero-order valence-corrected chi connectivity index (χ0v) is 14.2. The van der Waals surface area contributed by atoms with Gasteiger partial charge in [0.1, 0.15) is 10.8 Å². The summed E-state index contributed by atoms with van der Waals surface area (Å²) in [5.74, 6) is 0.407. The van der Waals surface area contributed by atoms with Gasteiger partial charge in [0.15, 0.2) is 0 Å². The molecule has 0 aliphatic heterocycles. The SMILES string of the molecule is CCOc1cc(C)c(-c2csc(CC(=O)O)n2)cc1C(C)C. The van der Waals surface area contributed by atoms with Crippen molar-refractivity contribution >= 4 is 17.3 Å². The molecule has 0 spiro atoms. The first-order valence-corrected chi connectivity index (χ1v) is 8.24. The number of carbonyl (C=O) groups is 1. The molecule has 1 aromatic carbocycles. The van der Waals surface area contributed by atoms with Crippen LogP contribution < -0.4 is 4.74 Å². The summed E-state index contributed by atoms with van der Waals surface area (Å²) in [5.41, 5.74) is 4.11. The fourth-order valence-electron chi connectivity index (χ4n) is 2.35. The number of hydrogen-bond donors (Lipinski definition) is 1. The number of nitrogens with zero attached hydrogens (tertiary/aromatic N) is 1. The summed E-state index contributed by atoms with van der Waals surface area (Å²) in [7, 11) is 0. The smallest absolute Gasteiger partial charge is 0.310 e. The first-order chi connectivity index (χ1) is 10.4. The van der Waals surface area contributed by atoms with Crippen LogP contribution in [-0.2, 0) is 11.2 Å². The molecule has 1 aromatic heterocycles. The van der Waals surface area contributed by atoms with Crippen LogP contribution in [0.4, 0.5) is 0 Å². The van der Waals surface area contributed by atoms with Crippen molar-refractivity contribution in [3.05, 3.63) is 33.6 Å². The van der Waals surface area contributed by atoms with Crippen molar-refractivity contribution in [3.8, 4) is 17.0 Å². The second-order valence-electron chi connectivity index (χ2n) is 5.49. The van der Waals surface area contributed by atoms with Crippen molar-refractivity contribution in [2.45, 2.75) is 40.0 Å². The van der Waals surface area contributed by atoms with E-state index in [2.05, 4.69) is 24.9 Å². The highest BCUT2D eigenvalue weighted by Gasteiger charge is 2.15. The summed E-state index contributed by atoms with van der Waals surface area (Å²) in [5, 5.41) is 11.4. The zero-order valence-electron chi connectivity index (χ0n) is 13.3. The standard InChI is InChI=1S/C17H21NO3S/c1-5-21-15-6-11(4)13(7-12(15)10(2)3)14-9-22-16(18-14)8-17(19)20/h6-7,9-10H,5,8H2,1-4H3,(H,19,20). The van der Waals surface area contributed by atoms with E-state index in [0.29, 0.717) is 17.5 Å². The third-order valence-corrected chi connectivity index (χ3v) is 4.26. The topological polar surface area (TPSA) is 59.4 Å². The Balaban J connectivity index is 2.44. The lowest BCUT2D eigenvalue weighted by atomic mass is 9.95. The van der Waals surface area contributed by atoms with E-state index in [0.717, 1.165) is 28.1 Å². The lowest BCUT2D eigenvalue weighted by Gasteiger charge is -2.16. The third kappa shape index (κ3) is 3.65. The van der Waals surface area contributed by atoms with Gasteiger partial charge in [-0.15, -0.1) is 11.3 Å². The van der Waals surface area contributed by atoms with Gasteiger partial charge >= 0.3 is 5.97 Å². The largest absolute Gasteiger partial charge is 0.494 e. The van der Waals surface area contributed by atoms with Gasteiger partial charge in [-0.1, -0.05) is 13.8 Å². The van der Waals surface area contributed by atoms with Crippen molar-refractivity contribution in [1.82, 2.24) is 4.98 Å². The van der Waals surface area contributed by atoms with Gasteiger partial charge in [0.2, 0.25) is 0 Å². The van der Waals surface area contributed by atoms with E-state index in [4.69, 9.17) is 9.84 Å². The second kappa shape index (κ2) is 6.92. The van der Waals surface area contributed by atoms with Gasteiger partial charge in [-0.25, -0.2) is 4.98 Å². The van der Waals surface area contributed by atoms with Crippen LogP contribution >= 0.6 is 11.3 Å². The van der Waals surface area contributed by atoms with E-state index in [1.807, 2.05) is 25.3 Å². The molecule has 0 fully saturated rings. The van der Waals surface area contributed by atoms with Gasteiger partial charge in [-0.05, 0) is 43.0 Å². The predicted octanol–water partition coefficient (Wildman–Crippen LogP) is 4.27. The molecule has 2 aromatic rings. The lowest BCUT2D eigenvalue weighted by Crippen LogP contribution is -2.01. The number of rotatable bonds is 6. The van der Waals surface area contributed by atoms with Crippen molar-refractivity contribution in [2.75, 3.05) is 6.61 Å². The average Bonchev–Trinajstić information content (AvgIpc) is 2.86. The van der Waals surface area contributed by atoms with Gasteiger partial charge in [-0.3, -0.25) is 4.79 Å². The molecule has 0 saturated heterocycles. The van der Waals surface area contributed by atoms with Gasteiger partial charge in [-0.2, -0.15) is 0 Å². The molecule has 0 bridgehead atoms. The third-order valence-electron chi connectivity index (χ3n) is 3.41. The number of benzene rings is 1. The maximum absolute atomic E-state index is 10.8. The molecule has 0 unspecified atom stereocenters. The number of ether oxygens (including phenoxy) is 1. The lowest BCUT2D eigenvalue weighted by molar-refractivity contribution is -0.136. The minimum Gasteiger partial charge on any atom is -0.494 e. The zero-order chi connectivity index (χ0) is 16.3. The summed E-state index contributed by atoms with van der Waals surface area (Å²) in [4.78, 5) is 15.2. The fraction of sp³-hybridized carbons (Fsp3) is 0.412. The van der Waals surface area contributed by atoms with Crippen molar-refractivity contribution in [1.29, 1.82) is 0 Å². The Kier molecular flexibility index (Phi) is 5.19. The maximum Gasteiger partial charge on any atom is 0.310 e. The van der Waals surface area contributed by atoms with E-state index in [1.54, 1.807) is 0 Å². The fourth-order valence-corrected chi connectivity index (χ4v) is 3.14. The molecule has 0 aliphatic carbocycles. The molecule has 22 heavy (non-hydrogen) atoms. The predicted molar refractivity (Wildman–Crippen MR) is 88.9 cm³/mol. The van der Waals surface area contributed by atoms with Crippen LogP contribution in [0.5, 0.6) is 5.75 Å². The normalized spacial score (nSPS) is 11.0. The number of aromatic nitrogens is 1. The molecule has 1 heterocycles. The number of carboxylic acids is 1. The number of thiazole rings is 1. The summed E-state index contributed by atoms with van der Waals surface area (Å²) in [6.07, 6.45) is -0.0300. The van der Waals surface area contributed by atoms with Gasteiger partial charge in [0.25, 0.3) is 0 Å². The highest BCUT2D eigenvalue weighted by Crippen LogP contribution is 2.35. The quantitative estimate of drug-likeness (QED) is 0.864. The number of aliphatic carboxylic acids is 1. The second-order valence-corrected chi connectivity index (χ2v) is 6.43. The molecule has 0 atom stereocenters. The molecule has 1 N–H and O–H groups in total. The Labute approximate surface area is 134 Å². The molecule has 0 aliphatic rings. The molecule has 118 valence electrons. The molecule has 4 nitrogen and oxygen atoms in total. The van der Waals surface area contributed by atoms with E-state index >= 15 is 0 Å². The number of carboxylic acid groups (broad SMARTS) is 1. The molecular weight excluding hydrogens is 298 g/mol. The summed E-state index contributed by atoms with van der Waals surface area (Å²) >= 11 is 1.39. The Morgan fingerprint density at radius 3 is 2.73 bits per heavy atom. The molecule has 0 radical (unpaired) electrons. The first-order valence-electron chi connectivity index (χ1n) is 7.36. The molecule has 0 saturated carbocycles. The van der Waals surface area contributed by atoms with E-state index in [-0.39, 0.29) is 6.42 Å². The van der Waals surface area contributed by atoms with Gasteiger partial charge in [0.05, 0.1) is 18.7 Å². The van der Waals surface area contributed by atoms with Crippen LogP contribution in [0.1, 0.15) is 42.8 Å². The van der Waals surface area contributed by atoms with Crippen molar-refractivity contribution < 1.29 is 14.6 Å². The van der Waals surface area contributed by atoms with Crippen LogP contribution in [0.2, 0.25) is 0 Å². The Morgan fingerprint density at radius 1 is 1.41 bits per heavy atom. The van der Waals surface area contributed by atoms with Gasteiger partial charge < -0.3 is 9.84 Å². The van der Waals surface area contributed by atoms with Crippen molar-refractivity contribution in [3.63, 3.8) is 0 Å². The van der Waals surface area contributed by atoms with Crippen molar-refractivity contribution in [2.24, 2.45) is 0 Å². The summed E-state index contributed by atoms with van der Waals surface area (Å²) < 4.78 is 5.73. The van der Waals surface area contributed by atoms with Crippen LogP contribution in [-0.4, -0.2) is 22.7 Å². The summed E-state index contributed by atoms with van der Waals surface area (Å²) in [6.45, 7) is 8.91. The number of aryl methyl sites for hydroxylation is 1. The highest BCUT2D eigenvalue weighted by atomic mass is 32.1. The van der Waals surface area contributed by atoms with Crippen LogP contribution in [0, 0.1) is 6.92 Å². The molecule has 5 heteroatoms. The van der Waals surface area contributed by atoms with Crippen LogP contribution in [0.15, 0.2) is 17.5 Å². The summed E-state index contributed by atoms with van der Waals surface area (Å²) in [6, 6.07) is 4.16. The molecular formula is C17H21NO3S. The monoisotopic (exact) mass is 319 g/mol. The molecule has 2 rings (SSSR count). The minimum absolute atomic E-state index is 0.0300. The number of hydrogen-bond acceptors (Lipinski definition) is 4. The Morgan fingerprint density at radius 2 is 2.14 bits per heavy atom.